The number of amides is 1. The Hall–Kier alpha value is -2.86. The fourth-order valence-electron chi connectivity index (χ4n) is 2.91. The highest BCUT2D eigenvalue weighted by molar-refractivity contribution is 6.31. The number of aromatic nitrogens is 2. The zero-order valence-electron chi connectivity index (χ0n) is 17.0. The molecule has 1 amide bonds. The molecule has 152 valence electrons. The molecule has 1 heterocycles. The first-order valence-corrected chi connectivity index (χ1v) is 9.82. The lowest BCUT2D eigenvalue weighted by molar-refractivity contribution is -0.138. The number of hydrogen-bond donors (Lipinski definition) is 0. The first-order chi connectivity index (χ1) is 13.9. The third-order valence-electron chi connectivity index (χ3n) is 4.55. The summed E-state index contributed by atoms with van der Waals surface area (Å²) in [5.74, 6) is 1.33. The molecule has 0 spiro atoms. The van der Waals surface area contributed by atoms with Crippen molar-refractivity contribution in [3.05, 3.63) is 64.5 Å². The van der Waals surface area contributed by atoms with Crippen molar-refractivity contribution in [2.24, 2.45) is 0 Å². The van der Waals surface area contributed by atoms with Gasteiger partial charge in [0.2, 0.25) is 11.7 Å². The molecule has 0 aliphatic carbocycles. The molecule has 0 fully saturated rings. The minimum Gasteiger partial charge on any atom is -0.481 e. The van der Waals surface area contributed by atoms with E-state index in [1.54, 1.807) is 19.2 Å². The van der Waals surface area contributed by atoms with Crippen LogP contribution in [0.3, 0.4) is 0 Å². The Labute approximate surface area is 175 Å². The van der Waals surface area contributed by atoms with Crippen LogP contribution in [0.4, 0.5) is 0 Å². The maximum Gasteiger partial charge on any atom is 0.263 e. The minimum absolute atomic E-state index is 0.157. The van der Waals surface area contributed by atoms with Gasteiger partial charge >= 0.3 is 0 Å². The second-order valence-electron chi connectivity index (χ2n) is 7.00. The fraction of sp³-hybridized carbons (Fsp3) is 0.318. The van der Waals surface area contributed by atoms with E-state index in [1.165, 1.54) is 4.90 Å². The largest absolute Gasteiger partial charge is 0.481 e. The van der Waals surface area contributed by atoms with Crippen LogP contribution in [0.15, 0.2) is 47.0 Å². The monoisotopic (exact) mass is 413 g/mol. The van der Waals surface area contributed by atoms with Crippen LogP contribution in [0.2, 0.25) is 5.02 Å². The number of benzene rings is 2. The van der Waals surface area contributed by atoms with Crippen LogP contribution >= 0.6 is 11.6 Å². The van der Waals surface area contributed by atoms with Gasteiger partial charge in [-0.3, -0.25) is 4.79 Å². The molecule has 3 aromatic rings. The normalized spacial score (nSPS) is 11.9. The van der Waals surface area contributed by atoms with Crippen LogP contribution in [0.1, 0.15) is 30.4 Å². The van der Waals surface area contributed by atoms with Gasteiger partial charge in [0.1, 0.15) is 5.75 Å². The second-order valence-corrected chi connectivity index (χ2v) is 7.41. The quantitative estimate of drug-likeness (QED) is 0.555. The average Bonchev–Trinajstić information content (AvgIpc) is 3.16. The van der Waals surface area contributed by atoms with Gasteiger partial charge in [0, 0.05) is 17.6 Å². The summed E-state index contributed by atoms with van der Waals surface area (Å²) in [4.78, 5) is 18.8. The predicted octanol–water partition coefficient (Wildman–Crippen LogP) is 4.82. The molecule has 0 saturated carbocycles. The Morgan fingerprint density at radius 1 is 1.24 bits per heavy atom. The molecule has 7 heteroatoms. The van der Waals surface area contributed by atoms with E-state index in [4.69, 9.17) is 20.9 Å². The van der Waals surface area contributed by atoms with Crippen LogP contribution in [0, 0.1) is 13.8 Å². The van der Waals surface area contributed by atoms with E-state index >= 15 is 0 Å². The summed E-state index contributed by atoms with van der Waals surface area (Å²) >= 11 is 6.06. The minimum atomic E-state index is -0.611. The number of halogens is 1. The number of nitrogens with zero attached hydrogens (tertiary/aromatic N) is 3. The smallest absolute Gasteiger partial charge is 0.263 e. The lowest BCUT2D eigenvalue weighted by atomic mass is 10.1. The van der Waals surface area contributed by atoms with Gasteiger partial charge in [-0.25, -0.2) is 0 Å². The first kappa shape index (κ1) is 20.9. The summed E-state index contributed by atoms with van der Waals surface area (Å²) in [6.07, 6.45) is -0.0804. The highest BCUT2D eigenvalue weighted by Gasteiger charge is 2.24. The van der Waals surface area contributed by atoms with Crippen LogP contribution in [0.5, 0.6) is 5.75 Å². The lowest BCUT2D eigenvalue weighted by Crippen LogP contribution is -2.39. The Morgan fingerprint density at radius 2 is 2.03 bits per heavy atom. The van der Waals surface area contributed by atoms with Crippen molar-refractivity contribution in [3.8, 4) is 17.1 Å². The van der Waals surface area contributed by atoms with Crippen LogP contribution in [0.25, 0.3) is 11.4 Å². The van der Waals surface area contributed by atoms with Gasteiger partial charge < -0.3 is 14.2 Å². The van der Waals surface area contributed by atoms with Gasteiger partial charge in [0.05, 0.1) is 6.54 Å². The molecule has 0 radical (unpaired) electrons. The maximum atomic E-state index is 12.8. The summed E-state index contributed by atoms with van der Waals surface area (Å²) in [6, 6.07) is 13.2. The molecule has 0 N–H and O–H groups in total. The SMILES string of the molecule is CC[C@@H](Oc1ccc(Cl)c(C)c1)C(=O)N(C)Cc1nc(-c2cccc(C)c2)no1. The van der Waals surface area contributed by atoms with E-state index < -0.39 is 6.10 Å². The molecular weight excluding hydrogens is 390 g/mol. The van der Waals surface area contributed by atoms with E-state index in [-0.39, 0.29) is 12.5 Å². The maximum absolute atomic E-state index is 12.8. The van der Waals surface area contributed by atoms with Crippen molar-refractivity contribution in [2.45, 2.75) is 39.8 Å². The van der Waals surface area contributed by atoms with Crippen molar-refractivity contribution < 1.29 is 14.1 Å². The third-order valence-corrected chi connectivity index (χ3v) is 4.97. The molecule has 0 bridgehead atoms. The van der Waals surface area contributed by atoms with E-state index in [1.807, 2.05) is 51.1 Å². The van der Waals surface area contributed by atoms with Crippen molar-refractivity contribution in [3.63, 3.8) is 0 Å². The summed E-state index contributed by atoms with van der Waals surface area (Å²) in [5, 5.41) is 4.68. The average molecular weight is 414 g/mol. The van der Waals surface area contributed by atoms with Crippen molar-refractivity contribution in [1.29, 1.82) is 0 Å². The zero-order valence-corrected chi connectivity index (χ0v) is 17.7. The second kappa shape index (κ2) is 9.09. The number of aryl methyl sites for hydroxylation is 2. The van der Waals surface area contributed by atoms with Crippen molar-refractivity contribution in [1.82, 2.24) is 15.0 Å². The number of hydrogen-bond acceptors (Lipinski definition) is 5. The predicted molar refractivity (Wildman–Crippen MR) is 112 cm³/mol. The van der Waals surface area contributed by atoms with E-state index in [0.717, 1.165) is 16.7 Å². The fourth-order valence-corrected chi connectivity index (χ4v) is 3.03. The van der Waals surface area contributed by atoms with Gasteiger partial charge in [0.25, 0.3) is 5.91 Å². The third kappa shape index (κ3) is 5.15. The Balaban J connectivity index is 1.66. The van der Waals surface area contributed by atoms with E-state index in [2.05, 4.69) is 10.1 Å². The number of likely N-dealkylation sites (N-methyl/N-ethyl adjacent to an activating group) is 1. The summed E-state index contributed by atoms with van der Waals surface area (Å²) in [7, 11) is 1.69. The van der Waals surface area contributed by atoms with Crippen LogP contribution in [-0.2, 0) is 11.3 Å². The summed E-state index contributed by atoms with van der Waals surface area (Å²) < 4.78 is 11.2. The number of rotatable bonds is 7. The molecule has 3 rings (SSSR count). The van der Waals surface area contributed by atoms with Gasteiger partial charge in [-0.2, -0.15) is 4.98 Å². The highest BCUT2D eigenvalue weighted by atomic mass is 35.5. The molecule has 0 aliphatic rings. The van der Waals surface area contributed by atoms with Gasteiger partial charge in [-0.15, -0.1) is 0 Å². The van der Waals surface area contributed by atoms with E-state index in [0.29, 0.717) is 28.9 Å². The van der Waals surface area contributed by atoms with Crippen LogP contribution in [-0.4, -0.2) is 34.1 Å². The van der Waals surface area contributed by atoms with Gasteiger partial charge in [-0.05, 0) is 50.1 Å². The standard InChI is InChI=1S/C22H24ClN3O3/c1-5-19(28-17-9-10-18(23)15(3)12-17)22(27)26(4)13-20-24-21(25-29-20)16-8-6-7-14(2)11-16/h6-12,19H,5,13H2,1-4H3/t19-/m1/s1. The molecule has 0 aliphatic heterocycles. The Morgan fingerprint density at radius 3 is 2.72 bits per heavy atom. The molecule has 2 aromatic carbocycles. The molecule has 1 aromatic heterocycles. The number of carbonyl (C=O) groups is 1. The molecule has 6 nitrogen and oxygen atoms in total. The number of ether oxygens (including phenoxy) is 1. The molecule has 0 unspecified atom stereocenters. The highest BCUT2D eigenvalue weighted by Crippen LogP contribution is 2.23. The zero-order chi connectivity index (χ0) is 21.0. The molecule has 1 atom stereocenters. The van der Waals surface area contributed by atoms with Crippen LogP contribution < -0.4 is 4.74 Å². The van der Waals surface area contributed by atoms with Gasteiger partial charge in [0.15, 0.2) is 6.10 Å². The van der Waals surface area contributed by atoms with Crippen molar-refractivity contribution in [2.75, 3.05) is 7.05 Å². The molecule has 0 saturated heterocycles. The van der Waals surface area contributed by atoms with Gasteiger partial charge in [-0.1, -0.05) is 47.4 Å². The Bertz CT molecular complexity index is 1000. The number of carbonyl (C=O) groups excluding carboxylic acids is 1. The molecular formula is C22H24ClN3O3. The summed E-state index contributed by atoms with van der Waals surface area (Å²) in [5.41, 5.74) is 2.89. The topological polar surface area (TPSA) is 68.5 Å². The lowest BCUT2D eigenvalue weighted by Gasteiger charge is -2.23. The Kier molecular flexibility index (Phi) is 6.54. The first-order valence-electron chi connectivity index (χ1n) is 9.44. The van der Waals surface area contributed by atoms with Crippen molar-refractivity contribution >= 4 is 17.5 Å². The van der Waals surface area contributed by atoms with E-state index in [9.17, 15) is 4.79 Å². The molecule has 29 heavy (non-hydrogen) atoms. The summed E-state index contributed by atoms with van der Waals surface area (Å²) in [6.45, 7) is 6.01.